The average Bonchev–Trinajstić information content (AvgIpc) is 2.50. The van der Waals surface area contributed by atoms with Crippen molar-refractivity contribution in [3.8, 4) is 16.9 Å². The van der Waals surface area contributed by atoms with Crippen LogP contribution < -0.4 is 4.74 Å². The highest BCUT2D eigenvalue weighted by Crippen LogP contribution is 2.35. The molecule has 0 amide bonds. The summed E-state index contributed by atoms with van der Waals surface area (Å²) >= 11 is 0. The summed E-state index contributed by atoms with van der Waals surface area (Å²) < 4.78 is 16.2. The Bertz CT molecular complexity index is 560. The van der Waals surface area contributed by atoms with Crippen molar-refractivity contribution in [2.75, 3.05) is 21.3 Å². The third-order valence-electron chi connectivity index (χ3n) is 3.36. The minimum Gasteiger partial charge on any atom is -0.496 e. The summed E-state index contributed by atoms with van der Waals surface area (Å²) in [4.78, 5) is 0. The Morgan fingerprint density at radius 3 is 2.10 bits per heavy atom. The highest BCUT2D eigenvalue weighted by Gasteiger charge is 2.16. The van der Waals surface area contributed by atoms with Crippen molar-refractivity contribution in [1.82, 2.24) is 0 Å². The SMILES string of the molecule is COc1cc(C)c(C(OC)OC)cc1-c1ccccc1. The van der Waals surface area contributed by atoms with Crippen molar-refractivity contribution in [1.29, 1.82) is 0 Å². The normalized spacial score (nSPS) is 10.8. The number of rotatable bonds is 5. The third-order valence-corrected chi connectivity index (χ3v) is 3.36. The van der Waals surface area contributed by atoms with Crippen molar-refractivity contribution in [3.63, 3.8) is 0 Å². The van der Waals surface area contributed by atoms with Gasteiger partial charge >= 0.3 is 0 Å². The molecule has 2 aromatic rings. The van der Waals surface area contributed by atoms with Gasteiger partial charge in [0.25, 0.3) is 0 Å². The second-order valence-electron chi connectivity index (χ2n) is 4.58. The number of ether oxygens (including phenoxy) is 3. The zero-order chi connectivity index (χ0) is 14.5. The summed E-state index contributed by atoms with van der Waals surface area (Å²) in [6.07, 6.45) is -0.372. The summed E-state index contributed by atoms with van der Waals surface area (Å²) in [5.41, 5.74) is 4.23. The van der Waals surface area contributed by atoms with E-state index in [0.29, 0.717) is 0 Å². The van der Waals surface area contributed by atoms with Crippen molar-refractivity contribution in [3.05, 3.63) is 53.6 Å². The fourth-order valence-corrected chi connectivity index (χ4v) is 2.31. The Hall–Kier alpha value is -1.84. The molecule has 0 unspecified atom stereocenters. The monoisotopic (exact) mass is 272 g/mol. The molecule has 0 spiro atoms. The van der Waals surface area contributed by atoms with Crippen LogP contribution in [0.4, 0.5) is 0 Å². The van der Waals surface area contributed by atoms with E-state index in [1.165, 1.54) is 0 Å². The average molecular weight is 272 g/mol. The van der Waals surface area contributed by atoms with E-state index in [1.54, 1.807) is 21.3 Å². The summed E-state index contributed by atoms with van der Waals surface area (Å²) in [6, 6.07) is 14.2. The summed E-state index contributed by atoms with van der Waals surface area (Å²) in [6.45, 7) is 2.03. The maximum Gasteiger partial charge on any atom is 0.183 e. The Balaban J connectivity index is 2.58. The quantitative estimate of drug-likeness (QED) is 0.771. The van der Waals surface area contributed by atoms with E-state index in [1.807, 2.05) is 31.2 Å². The van der Waals surface area contributed by atoms with Crippen molar-refractivity contribution in [2.45, 2.75) is 13.2 Å². The van der Waals surface area contributed by atoms with Crippen molar-refractivity contribution in [2.24, 2.45) is 0 Å². The number of methoxy groups -OCH3 is 3. The molecule has 106 valence electrons. The van der Waals surface area contributed by atoms with E-state index < -0.39 is 0 Å². The first-order valence-electron chi connectivity index (χ1n) is 6.50. The lowest BCUT2D eigenvalue weighted by atomic mass is 9.98. The molecule has 2 aromatic carbocycles. The van der Waals surface area contributed by atoms with Crippen LogP contribution in [0.25, 0.3) is 11.1 Å². The molecular formula is C17H20O3. The van der Waals surface area contributed by atoms with Gasteiger partial charge in [0, 0.05) is 25.3 Å². The Kier molecular flexibility index (Phi) is 4.77. The summed E-state index contributed by atoms with van der Waals surface area (Å²) in [5, 5.41) is 0. The highest BCUT2D eigenvalue weighted by atomic mass is 16.7. The van der Waals surface area contributed by atoms with Gasteiger partial charge in [-0.2, -0.15) is 0 Å². The lowest BCUT2D eigenvalue weighted by Gasteiger charge is -2.19. The van der Waals surface area contributed by atoms with Gasteiger partial charge < -0.3 is 14.2 Å². The van der Waals surface area contributed by atoms with Gasteiger partial charge in [0.2, 0.25) is 0 Å². The van der Waals surface area contributed by atoms with Crippen molar-refractivity contribution >= 4 is 0 Å². The second-order valence-corrected chi connectivity index (χ2v) is 4.58. The van der Waals surface area contributed by atoms with Crippen LogP contribution in [0.1, 0.15) is 17.4 Å². The molecule has 0 aliphatic rings. The first-order valence-corrected chi connectivity index (χ1v) is 6.50. The number of hydrogen-bond donors (Lipinski definition) is 0. The zero-order valence-electron chi connectivity index (χ0n) is 12.3. The van der Waals surface area contributed by atoms with E-state index in [-0.39, 0.29) is 6.29 Å². The van der Waals surface area contributed by atoms with Gasteiger partial charge in [-0.05, 0) is 30.2 Å². The molecule has 0 saturated carbocycles. The van der Waals surface area contributed by atoms with Crippen LogP contribution in [0, 0.1) is 6.92 Å². The van der Waals surface area contributed by atoms with E-state index in [9.17, 15) is 0 Å². The van der Waals surface area contributed by atoms with E-state index >= 15 is 0 Å². The van der Waals surface area contributed by atoms with Gasteiger partial charge in [0.1, 0.15) is 5.75 Å². The number of benzene rings is 2. The molecule has 0 atom stereocenters. The first kappa shape index (κ1) is 14.6. The number of aryl methyl sites for hydroxylation is 1. The van der Waals surface area contributed by atoms with Gasteiger partial charge in [0.05, 0.1) is 7.11 Å². The van der Waals surface area contributed by atoms with Crippen LogP contribution in [0.5, 0.6) is 5.75 Å². The second kappa shape index (κ2) is 6.55. The van der Waals surface area contributed by atoms with Gasteiger partial charge in [-0.15, -0.1) is 0 Å². The van der Waals surface area contributed by atoms with E-state index in [2.05, 4.69) is 18.2 Å². The molecule has 0 heterocycles. The first-order chi connectivity index (χ1) is 9.71. The zero-order valence-corrected chi connectivity index (χ0v) is 12.3. The van der Waals surface area contributed by atoms with Crippen LogP contribution in [-0.4, -0.2) is 21.3 Å². The lowest BCUT2D eigenvalue weighted by Crippen LogP contribution is -2.06. The molecule has 0 aromatic heterocycles. The molecule has 0 aliphatic heterocycles. The Morgan fingerprint density at radius 2 is 1.55 bits per heavy atom. The van der Waals surface area contributed by atoms with Gasteiger partial charge in [-0.3, -0.25) is 0 Å². The predicted octanol–water partition coefficient (Wildman–Crippen LogP) is 3.96. The smallest absolute Gasteiger partial charge is 0.183 e. The molecular weight excluding hydrogens is 252 g/mol. The third kappa shape index (κ3) is 2.84. The fraction of sp³-hybridized carbons (Fsp3) is 0.294. The molecule has 0 bridgehead atoms. The molecule has 2 rings (SSSR count). The molecule has 0 radical (unpaired) electrons. The Labute approximate surface area is 120 Å². The predicted molar refractivity (Wildman–Crippen MR) is 79.9 cm³/mol. The van der Waals surface area contributed by atoms with Crippen molar-refractivity contribution < 1.29 is 14.2 Å². The van der Waals surface area contributed by atoms with Crippen LogP contribution in [-0.2, 0) is 9.47 Å². The van der Waals surface area contributed by atoms with Gasteiger partial charge in [-0.1, -0.05) is 30.3 Å². The lowest BCUT2D eigenvalue weighted by molar-refractivity contribution is -0.106. The molecule has 0 N–H and O–H groups in total. The molecule has 0 aliphatic carbocycles. The maximum atomic E-state index is 5.50. The largest absolute Gasteiger partial charge is 0.496 e. The molecule has 20 heavy (non-hydrogen) atoms. The molecule has 0 saturated heterocycles. The Morgan fingerprint density at radius 1 is 0.900 bits per heavy atom. The minimum absolute atomic E-state index is 0.372. The maximum absolute atomic E-state index is 5.50. The molecule has 3 nitrogen and oxygen atoms in total. The van der Waals surface area contributed by atoms with E-state index in [0.717, 1.165) is 28.0 Å². The number of hydrogen-bond acceptors (Lipinski definition) is 3. The van der Waals surface area contributed by atoms with Crippen LogP contribution in [0.3, 0.4) is 0 Å². The molecule has 3 heteroatoms. The fourth-order valence-electron chi connectivity index (χ4n) is 2.31. The van der Waals surface area contributed by atoms with Gasteiger partial charge in [0.15, 0.2) is 6.29 Å². The van der Waals surface area contributed by atoms with Crippen LogP contribution in [0.2, 0.25) is 0 Å². The van der Waals surface area contributed by atoms with E-state index in [4.69, 9.17) is 14.2 Å². The minimum atomic E-state index is -0.372. The summed E-state index contributed by atoms with van der Waals surface area (Å²) in [7, 11) is 4.96. The van der Waals surface area contributed by atoms with Gasteiger partial charge in [-0.25, -0.2) is 0 Å². The van der Waals surface area contributed by atoms with Crippen LogP contribution in [0.15, 0.2) is 42.5 Å². The highest BCUT2D eigenvalue weighted by molar-refractivity contribution is 5.72. The summed E-state index contributed by atoms with van der Waals surface area (Å²) in [5.74, 6) is 0.850. The standard InChI is InChI=1S/C17H20O3/c1-12-10-16(18-2)15(13-8-6-5-7-9-13)11-14(12)17(19-3)20-4/h5-11,17H,1-4H3. The topological polar surface area (TPSA) is 27.7 Å². The molecule has 0 fully saturated rings. The van der Waals surface area contributed by atoms with Crippen LogP contribution >= 0.6 is 0 Å².